The second-order valence-corrected chi connectivity index (χ2v) is 6.62. The fraction of sp³-hybridized carbons (Fsp3) is 0.208. The van der Waals surface area contributed by atoms with Crippen LogP contribution in [-0.4, -0.2) is 25.4 Å². The molecule has 0 atom stereocenters. The molecule has 0 spiro atoms. The van der Waals surface area contributed by atoms with E-state index >= 15 is 0 Å². The number of aromatic nitrogens is 3. The SMILES string of the molecule is C#CCCc1nn(CC#CC)c(=O)n1Cc1ccc(-c2ccccc2C(=O)O)cc1. The first-order valence-electron chi connectivity index (χ1n) is 9.46. The van der Waals surface area contributed by atoms with E-state index in [1.165, 1.54) is 4.68 Å². The third-order valence-electron chi connectivity index (χ3n) is 4.66. The molecular weight excluding hydrogens is 378 g/mol. The third kappa shape index (κ3) is 4.51. The van der Waals surface area contributed by atoms with Crippen LogP contribution < -0.4 is 5.69 Å². The molecule has 0 fully saturated rings. The van der Waals surface area contributed by atoms with Crippen LogP contribution in [0.15, 0.2) is 53.3 Å². The summed E-state index contributed by atoms with van der Waals surface area (Å²) in [6.45, 7) is 2.29. The maximum Gasteiger partial charge on any atom is 0.347 e. The number of benzene rings is 2. The summed E-state index contributed by atoms with van der Waals surface area (Å²) < 4.78 is 2.95. The van der Waals surface area contributed by atoms with E-state index in [4.69, 9.17) is 6.42 Å². The van der Waals surface area contributed by atoms with Gasteiger partial charge < -0.3 is 5.11 Å². The van der Waals surface area contributed by atoms with Crippen LogP contribution in [-0.2, 0) is 19.5 Å². The lowest BCUT2D eigenvalue weighted by molar-refractivity contribution is 0.0697. The minimum Gasteiger partial charge on any atom is -0.478 e. The number of aryl methyl sites for hydroxylation is 1. The van der Waals surface area contributed by atoms with Crippen LogP contribution in [0.4, 0.5) is 0 Å². The first kappa shape index (κ1) is 20.7. The van der Waals surface area contributed by atoms with Crippen molar-refractivity contribution < 1.29 is 9.90 Å². The van der Waals surface area contributed by atoms with Gasteiger partial charge in [0, 0.05) is 12.8 Å². The zero-order valence-corrected chi connectivity index (χ0v) is 16.6. The topological polar surface area (TPSA) is 77.1 Å². The highest BCUT2D eigenvalue weighted by Crippen LogP contribution is 2.24. The van der Waals surface area contributed by atoms with E-state index in [2.05, 4.69) is 22.9 Å². The van der Waals surface area contributed by atoms with Gasteiger partial charge in [-0.1, -0.05) is 48.4 Å². The minimum atomic E-state index is -0.970. The summed E-state index contributed by atoms with van der Waals surface area (Å²) in [5.41, 5.74) is 2.36. The molecule has 1 aromatic heterocycles. The fourth-order valence-electron chi connectivity index (χ4n) is 3.16. The Morgan fingerprint density at radius 2 is 1.90 bits per heavy atom. The van der Waals surface area contributed by atoms with E-state index in [9.17, 15) is 14.7 Å². The van der Waals surface area contributed by atoms with Gasteiger partial charge in [0.05, 0.1) is 12.1 Å². The van der Waals surface area contributed by atoms with Gasteiger partial charge in [0.1, 0.15) is 12.4 Å². The Morgan fingerprint density at radius 1 is 1.17 bits per heavy atom. The molecule has 1 N–H and O–H groups in total. The van der Waals surface area contributed by atoms with Crippen LogP contribution in [0, 0.1) is 24.2 Å². The molecule has 1 heterocycles. The molecule has 6 nitrogen and oxygen atoms in total. The predicted molar refractivity (Wildman–Crippen MR) is 115 cm³/mol. The number of carboxylic acid groups (broad SMARTS) is 1. The highest BCUT2D eigenvalue weighted by Gasteiger charge is 2.14. The van der Waals surface area contributed by atoms with Gasteiger partial charge in [0.15, 0.2) is 0 Å². The highest BCUT2D eigenvalue weighted by atomic mass is 16.4. The van der Waals surface area contributed by atoms with Crippen molar-refractivity contribution in [2.45, 2.75) is 32.9 Å². The number of rotatable bonds is 7. The number of terminal acetylenes is 1. The largest absolute Gasteiger partial charge is 0.478 e. The lowest BCUT2D eigenvalue weighted by Gasteiger charge is -2.09. The third-order valence-corrected chi connectivity index (χ3v) is 4.66. The van der Waals surface area contributed by atoms with Crippen molar-refractivity contribution in [3.05, 3.63) is 76.0 Å². The predicted octanol–water partition coefficient (Wildman–Crippen LogP) is 3.05. The zero-order valence-electron chi connectivity index (χ0n) is 16.6. The Labute approximate surface area is 174 Å². The molecular formula is C24H21N3O3. The van der Waals surface area contributed by atoms with Crippen molar-refractivity contribution >= 4 is 5.97 Å². The molecule has 0 aliphatic heterocycles. The van der Waals surface area contributed by atoms with Gasteiger partial charge in [-0.2, -0.15) is 5.10 Å². The number of hydrogen-bond acceptors (Lipinski definition) is 3. The summed E-state index contributed by atoms with van der Waals surface area (Å²) >= 11 is 0. The maximum atomic E-state index is 12.7. The van der Waals surface area contributed by atoms with Crippen molar-refractivity contribution in [1.82, 2.24) is 14.3 Å². The van der Waals surface area contributed by atoms with Crippen molar-refractivity contribution in [2.75, 3.05) is 0 Å². The van der Waals surface area contributed by atoms with E-state index < -0.39 is 5.97 Å². The summed E-state index contributed by atoms with van der Waals surface area (Å²) in [6, 6.07) is 14.3. The molecule has 0 bridgehead atoms. The first-order chi connectivity index (χ1) is 14.5. The second kappa shape index (κ2) is 9.45. The molecule has 150 valence electrons. The molecule has 6 heteroatoms. The monoisotopic (exact) mass is 399 g/mol. The summed E-state index contributed by atoms with van der Waals surface area (Å²) in [4.78, 5) is 24.2. The van der Waals surface area contributed by atoms with Crippen molar-refractivity contribution in [2.24, 2.45) is 0 Å². The quantitative estimate of drug-likeness (QED) is 0.620. The normalized spacial score (nSPS) is 10.1. The molecule has 0 saturated heterocycles. The Hall–Kier alpha value is -4.03. The molecule has 0 saturated carbocycles. The molecule has 0 radical (unpaired) electrons. The molecule has 0 amide bonds. The highest BCUT2D eigenvalue weighted by molar-refractivity contribution is 5.95. The summed E-state index contributed by atoms with van der Waals surface area (Å²) in [5, 5.41) is 13.8. The van der Waals surface area contributed by atoms with Gasteiger partial charge in [0.25, 0.3) is 0 Å². The minimum absolute atomic E-state index is 0.231. The van der Waals surface area contributed by atoms with Gasteiger partial charge in [0.2, 0.25) is 0 Å². The van der Waals surface area contributed by atoms with Crippen LogP contribution in [0.25, 0.3) is 11.1 Å². The Bertz CT molecular complexity index is 1220. The van der Waals surface area contributed by atoms with Crippen molar-refractivity contribution in [1.29, 1.82) is 0 Å². The van der Waals surface area contributed by atoms with Crippen LogP contribution >= 0.6 is 0 Å². The Balaban J connectivity index is 1.91. The first-order valence-corrected chi connectivity index (χ1v) is 9.46. The summed E-state index contributed by atoms with van der Waals surface area (Å²) in [7, 11) is 0. The van der Waals surface area contributed by atoms with Crippen LogP contribution in [0.3, 0.4) is 0 Å². The second-order valence-electron chi connectivity index (χ2n) is 6.62. The number of nitrogens with zero attached hydrogens (tertiary/aromatic N) is 3. The van der Waals surface area contributed by atoms with E-state index in [0.29, 0.717) is 30.8 Å². The molecule has 0 unspecified atom stereocenters. The lowest BCUT2D eigenvalue weighted by Crippen LogP contribution is -2.25. The lowest BCUT2D eigenvalue weighted by atomic mass is 9.99. The van der Waals surface area contributed by atoms with E-state index in [0.717, 1.165) is 11.1 Å². The van der Waals surface area contributed by atoms with E-state index in [1.54, 1.807) is 35.8 Å². The van der Waals surface area contributed by atoms with Crippen LogP contribution in [0.5, 0.6) is 0 Å². The van der Waals surface area contributed by atoms with Gasteiger partial charge >= 0.3 is 11.7 Å². The Morgan fingerprint density at radius 3 is 2.57 bits per heavy atom. The average Bonchev–Trinajstić information content (AvgIpc) is 3.05. The zero-order chi connectivity index (χ0) is 21.5. The summed E-state index contributed by atoms with van der Waals surface area (Å²) in [5.74, 6) is 7.85. The molecule has 2 aromatic carbocycles. The fourth-order valence-corrected chi connectivity index (χ4v) is 3.16. The molecule has 0 aliphatic carbocycles. The van der Waals surface area contributed by atoms with Crippen LogP contribution in [0.2, 0.25) is 0 Å². The standard InChI is InChI=1S/C24H21N3O3/c1-3-5-11-22-25-27(16-6-4-2)24(30)26(22)17-18-12-14-19(15-13-18)20-9-7-8-10-21(20)23(28)29/h1,7-10,12-15H,5,11,16-17H2,2H3,(H,28,29). The smallest absolute Gasteiger partial charge is 0.347 e. The number of carboxylic acids is 1. The van der Waals surface area contributed by atoms with Gasteiger partial charge in [-0.05, 0) is 29.7 Å². The van der Waals surface area contributed by atoms with Crippen LogP contribution in [0.1, 0.15) is 35.1 Å². The van der Waals surface area contributed by atoms with Gasteiger partial charge in [-0.3, -0.25) is 4.57 Å². The molecule has 3 aromatic rings. The molecule has 3 rings (SSSR count). The maximum absolute atomic E-state index is 12.7. The number of hydrogen-bond donors (Lipinski definition) is 1. The van der Waals surface area contributed by atoms with Gasteiger partial charge in [-0.15, -0.1) is 18.3 Å². The average molecular weight is 399 g/mol. The summed E-state index contributed by atoms with van der Waals surface area (Å²) in [6.07, 6.45) is 6.36. The Kier molecular flexibility index (Phi) is 6.52. The number of aromatic carboxylic acids is 1. The van der Waals surface area contributed by atoms with E-state index in [1.807, 2.05) is 24.3 Å². The molecule has 0 aliphatic rings. The van der Waals surface area contributed by atoms with Crippen molar-refractivity contribution in [3.63, 3.8) is 0 Å². The number of carbonyl (C=O) groups is 1. The molecule has 30 heavy (non-hydrogen) atoms. The van der Waals surface area contributed by atoms with E-state index in [-0.39, 0.29) is 17.8 Å². The van der Waals surface area contributed by atoms with Gasteiger partial charge in [-0.25, -0.2) is 14.3 Å². The van der Waals surface area contributed by atoms with Crippen molar-refractivity contribution in [3.8, 4) is 35.3 Å².